The van der Waals surface area contributed by atoms with Crippen LogP contribution in [0.1, 0.15) is 5.69 Å². The highest BCUT2D eigenvalue weighted by atomic mass is 32.2. The third kappa shape index (κ3) is 2.88. The first-order chi connectivity index (χ1) is 8.97. The van der Waals surface area contributed by atoms with Crippen molar-refractivity contribution in [3.05, 3.63) is 44.6 Å². The van der Waals surface area contributed by atoms with Gasteiger partial charge in [-0.05, 0) is 23.9 Å². The molecule has 2 aromatic rings. The molecule has 0 saturated heterocycles. The van der Waals surface area contributed by atoms with Crippen molar-refractivity contribution in [3.63, 3.8) is 0 Å². The predicted octanol–water partition coefficient (Wildman–Crippen LogP) is -0.701. The molecule has 19 heavy (non-hydrogen) atoms. The second kappa shape index (κ2) is 5.06. The first kappa shape index (κ1) is 13.0. The highest BCUT2D eigenvalue weighted by molar-refractivity contribution is 7.99. The molecule has 2 heterocycles. The zero-order chi connectivity index (χ0) is 14.0. The van der Waals surface area contributed by atoms with Gasteiger partial charge in [0.1, 0.15) is 16.6 Å². The minimum atomic E-state index is -0.858. The van der Waals surface area contributed by atoms with Gasteiger partial charge in [-0.15, -0.1) is 0 Å². The van der Waals surface area contributed by atoms with Gasteiger partial charge in [-0.2, -0.15) is 4.98 Å². The number of aryl methyl sites for hydroxylation is 1. The number of nitrogen functional groups attached to an aromatic ring is 1. The zero-order valence-electron chi connectivity index (χ0n) is 9.88. The summed E-state index contributed by atoms with van der Waals surface area (Å²) >= 11 is 1.09. The summed E-state index contributed by atoms with van der Waals surface area (Å²) in [7, 11) is 1.56. The summed E-state index contributed by atoms with van der Waals surface area (Å²) in [6.07, 6.45) is 0. The van der Waals surface area contributed by atoms with Crippen molar-refractivity contribution in [1.29, 1.82) is 5.41 Å². The van der Waals surface area contributed by atoms with Crippen LogP contribution < -0.4 is 16.9 Å². The Hall–Kier alpha value is -2.42. The molecule has 2 rings (SSSR count). The van der Waals surface area contributed by atoms with Gasteiger partial charge in [0.25, 0.3) is 0 Å². The first-order valence-electron chi connectivity index (χ1n) is 5.14. The quantitative estimate of drug-likeness (QED) is 0.386. The fraction of sp³-hybridized carbons (Fsp3) is 0.100. The van der Waals surface area contributed by atoms with Gasteiger partial charge in [0.2, 0.25) is 0 Å². The van der Waals surface area contributed by atoms with Crippen molar-refractivity contribution in [1.82, 2.24) is 19.7 Å². The maximum atomic E-state index is 11.2. The van der Waals surface area contributed by atoms with E-state index in [9.17, 15) is 9.59 Å². The zero-order valence-corrected chi connectivity index (χ0v) is 10.7. The molecule has 4 N–H and O–H groups in total. The molecule has 0 unspecified atom stereocenters. The fourth-order valence-electron chi connectivity index (χ4n) is 1.27. The van der Waals surface area contributed by atoms with E-state index in [1.165, 1.54) is 4.68 Å². The lowest BCUT2D eigenvalue weighted by molar-refractivity contribution is 0.596. The predicted molar refractivity (Wildman–Crippen MR) is 69.5 cm³/mol. The smallest absolute Gasteiger partial charge is 0.339 e. The number of hydrogen-bond acceptors (Lipinski definition) is 6. The topological polar surface area (TPSA) is 131 Å². The van der Waals surface area contributed by atoms with E-state index in [2.05, 4.69) is 15.1 Å². The van der Waals surface area contributed by atoms with Crippen LogP contribution in [0.3, 0.4) is 0 Å². The summed E-state index contributed by atoms with van der Waals surface area (Å²) in [4.78, 5) is 30.0. The van der Waals surface area contributed by atoms with Crippen LogP contribution >= 0.6 is 11.8 Å². The molecule has 8 nitrogen and oxygen atoms in total. The average Bonchev–Trinajstić information content (AvgIpc) is 2.36. The number of pyridine rings is 1. The van der Waals surface area contributed by atoms with E-state index in [-0.39, 0.29) is 11.0 Å². The van der Waals surface area contributed by atoms with Crippen molar-refractivity contribution in [3.8, 4) is 0 Å². The van der Waals surface area contributed by atoms with Gasteiger partial charge in [-0.25, -0.2) is 4.98 Å². The maximum absolute atomic E-state index is 11.2. The lowest BCUT2D eigenvalue weighted by Crippen LogP contribution is -2.33. The van der Waals surface area contributed by atoms with Crippen LogP contribution in [0.25, 0.3) is 0 Å². The third-order valence-corrected chi connectivity index (χ3v) is 3.13. The number of nitrogens with zero attached hydrogens (tertiary/aromatic N) is 3. The van der Waals surface area contributed by atoms with E-state index in [0.29, 0.717) is 10.7 Å². The first-order valence-corrected chi connectivity index (χ1v) is 5.95. The normalized spacial score (nSPS) is 10.4. The Morgan fingerprint density at radius 2 is 2.16 bits per heavy atom. The molecular formula is C10H10N6O2S. The Labute approximate surface area is 111 Å². The Morgan fingerprint density at radius 3 is 2.84 bits per heavy atom. The van der Waals surface area contributed by atoms with E-state index < -0.39 is 11.1 Å². The highest BCUT2D eigenvalue weighted by Crippen LogP contribution is 2.21. The molecule has 0 bridgehead atoms. The molecule has 0 fully saturated rings. The monoisotopic (exact) mass is 278 g/mol. The molecule has 98 valence electrons. The standard InChI is InChI=1S/C10H10N6O2S/c1-16-10(14-8(17)9(18)15-16)19-6-4-2-3-5(13-6)7(11)12/h2-4H,1H3,(H3,11,12)(H,15,18). The molecule has 0 aliphatic heterocycles. The van der Waals surface area contributed by atoms with Gasteiger partial charge >= 0.3 is 11.1 Å². The van der Waals surface area contributed by atoms with Crippen molar-refractivity contribution in [2.45, 2.75) is 10.2 Å². The van der Waals surface area contributed by atoms with Crippen molar-refractivity contribution < 1.29 is 0 Å². The Kier molecular flexibility index (Phi) is 3.47. The highest BCUT2D eigenvalue weighted by Gasteiger charge is 2.08. The van der Waals surface area contributed by atoms with Gasteiger partial charge in [-0.1, -0.05) is 6.07 Å². The van der Waals surface area contributed by atoms with Gasteiger partial charge in [0.15, 0.2) is 5.16 Å². The molecule has 0 atom stereocenters. The molecule has 0 aliphatic rings. The number of aromatic nitrogens is 4. The maximum Gasteiger partial charge on any atom is 0.339 e. The summed E-state index contributed by atoms with van der Waals surface area (Å²) in [6, 6.07) is 4.98. The van der Waals surface area contributed by atoms with Crippen LogP contribution in [0.5, 0.6) is 0 Å². The summed E-state index contributed by atoms with van der Waals surface area (Å²) < 4.78 is 1.33. The minimum Gasteiger partial charge on any atom is -0.382 e. The van der Waals surface area contributed by atoms with Crippen molar-refractivity contribution in [2.24, 2.45) is 12.8 Å². The summed E-state index contributed by atoms with van der Waals surface area (Å²) in [5, 5.41) is 10.4. The Balaban J connectivity index is 2.39. The Morgan fingerprint density at radius 1 is 1.42 bits per heavy atom. The van der Waals surface area contributed by atoms with E-state index >= 15 is 0 Å². The van der Waals surface area contributed by atoms with E-state index in [1.54, 1.807) is 25.2 Å². The molecule has 0 radical (unpaired) electrons. The molecule has 0 aromatic carbocycles. The minimum absolute atomic E-state index is 0.147. The second-order valence-corrected chi connectivity index (χ2v) is 4.56. The summed E-state index contributed by atoms with van der Waals surface area (Å²) in [5.41, 5.74) is 4.04. The van der Waals surface area contributed by atoms with E-state index in [4.69, 9.17) is 11.1 Å². The average molecular weight is 278 g/mol. The molecule has 0 aliphatic carbocycles. The van der Waals surface area contributed by atoms with Crippen LogP contribution in [0.4, 0.5) is 0 Å². The fourth-order valence-corrected chi connectivity index (χ4v) is 2.06. The largest absolute Gasteiger partial charge is 0.382 e. The molecule has 0 spiro atoms. The number of aromatic amines is 1. The second-order valence-electron chi connectivity index (χ2n) is 3.58. The summed E-state index contributed by atoms with van der Waals surface area (Å²) in [6.45, 7) is 0. The molecular weight excluding hydrogens is 268 g/mol. The van der Waals surface area contributed by atoms with E-state index in [0.717, 1.165) is 11.8 Å². The number of hydrogen-bond donors (Lipinski definition) is 3. The molecule has 9 heteroatoms. The SMILES string of the molecule is Cn1[nH]c(=O)c(=O)nc1Sc1cccc(C(=N)N)n1. The lowest BCUT2D eigenvalue weighted by Gasteiger charge is -2.06. The molecule has 2 aromatic heterocycles. The van der Waals surface area contributed by atoms with Crippen molar-refractivity contribution >= 4 is 17.6 Å². The van der Waals surface area contributed by atoms with Gasteiger partial charge in [-0.3, -0.25) is 24.8 Å². The van der Waals surface area contributed by atoms with Crippen LogP contribution in [0.15, 0.2) is 38.0 Å². The van der Waals surface area contributed by atoms with Crippen LogP contribution in [-0.4, -0.2) is 25.6 Å². The van der Waals surface area contributed by atoms with Gasteiger partial charge in [0.05, 0.1) is 0 Å². The van der Waals surface area contributed by atoms with Gasteiger partial charge < -0.3 is 5.73 Å². The number of nitrogens with two attached hydrogens (primary N) is 1. The molecule has 0 amide bonds. The van der Waals surface area contributed by atoms with Gasteiger partial charge in [0, 0.05) is 7.05 Å². The Bertz CT molecular complexity index is 750. The number of H-pyrrole nitrogens is 1. The van der Waals surface area contributed by atoms with E-state index in [1.807, 2.05) is 0 Å². The third-order valence-electron chi connectivity index (χ3n) is 2.14. The van der Waals surface area contributed by atoms with Crippen LogP contribution in [0, 0.1) is 5.41 Å². The summed E-state index contributed by atoms with van der Waals surface area (Å²) in [5.74, 6) is -0.147. The lowest BCUT2D eigenvalue weighted by atomic mass is 10.3. The van der Waals surface area contributed by atoms with Crippen LogP contribution in [-0.2, 0) is 7.05 Å². The van der Waals surface area contributed by atoms with Crippen LogP contribution in [0.2, 0.25) is 0 Å². The number of rotatable bonds is 3. The number of nitrogens with one attached hydrogen (secondary N) is 2. The number of amidine groups is 1. The van der Waals surface area contributed by atoms with Crippen molar-refractivity contribution in [2.75, 3.05) is 0 Å². The molecule has 0 saturated carbocycles.